The van der Waals surface area contributed by atoms with Gasteiger partial charge in [-0.05, 0) is 68.9 Å². The predicted octanol–water partition coefficient (Wildman–Crippen LogP) is 5.04. The molecule has 0 fully saturated rings. The third kappa shape index (κ3) is 7.82. The lowest BCUT2D eigenvalue weighted by Gasteiger charge is -2.33. The Balaban J connectivity index is 2.20. The number of hydrogen-bond donors (Lipinski definition) is 1. The van der Waals surface area contributed by atoms with Crippen molar-refractivity contribution in [2.45, 2.75) is 78.4 Å². The van der Waals surface area contributed by atoms with Crippen LogP contribution >= 0.6 is 0 Å². The molecule has 0 heterocycles. The minimum atomic E-state index is -0.584. The number of hydrogen-bond acceptors (Lipinski definition) is 2. The van der Waals surface area contributed by atoms with Crippen molar-refractivity contribution in [2.24, 2.45) is 0 Å². The third-order valence-electron chi connectivity index (χ3n) is 5.21. The molecular formula is C26H35FN2O2. The summed E-state index contributed by atoms with van der Waals surface area (Å²) in [6.07, 6.45) is 2.40. The first kappa shape index (κ1) is 24.6. The molecule has 0 aliphatic rings. The van der Waals surface area contributed by atoms with Crippen molar-refractivity contribution in [3.8, 4) is 0 Å². The average molecular weight is 427 g/mol. The van der Waals surface area contributed by atoms with Crippen LogP contribution in [0.25, 0.3) is 0 Å². The van der Waals surface area contributed by atoms with Crippen molar-refractivity contribution in [1.29, 1.82) is 0 Å². The summed E-state index contributed by atoms with van der Waals surface area (Å²) in [5, 5.41) is 2.99. The third-order valence-corrected chi connectivity index (χ3v) is 5.21. The van der Waals surface area contributed by atoms with Crippen molar-refractivity contribution in [1.82, 2.24) is 10.2 Å². The highest BCUT2D eigenvalue weighted by Crippen LogP contribution is 2.17. The van der Waals surface area contributed by atoms with Crippen molar-refractivity contribution in [3.63, 3.8) is 0 Å². The van der Waals surface area contributed by atoms with Crippen LogP contribution < -0.4 is 5.32 Å². The van der Waals surface area contributed by atoms with Gasteiger partial charge in [0.1, 0.15) is 11.9 Å². The summed E-state index contributed by atoms with van der Waals surface area (Å²) in [7, 11) is 0. The smallest absolute Gasteiger partial charge is 0.243 e. The molecular weight excluding hydrogens is 391 g/mol. The second kappa shape index (κ2) is 11.1. The summed E-state index contributed by atoms with van der Waals surface area (Å²) < 4.78 is 13.3. The Morgan fingerprint density at radius 1 is 0.935 bits per heavy atom. The molecule has 0 aliphatic heterocycles. The number of carbonyl (C=O) groups is 2. The van der Waals surface area contributed by atoms with Gasteiger partial charge in [-0.1, -0.05) is 50.2 Å². The Morgan fingerprint density at radius 3 is 2.00 bits per heavy atom. The number of halogens is 1. The molecule has 0 saturated carbocycles. The van der Waals surface area contributed by atoms with Crippen LogP contribution in [-0.4, -0.2) is 28.3 Å². The average Bonchev–Trinajstić information content (AvgIpc) is 2.72. The van der Waals surface area contributed by atoms with Gasteiger partial charge in [0.15, 0.2) is 0 Å². The summed E-state index contributed by atoms with van der Waals surface area (Å²) in [5.74, 6) is -0.577. The monoisotopic (exact) mass is 426 g/mol. The maximum absolute atomic E-state index is 13.3. The Kier molecular flexibility index (Phi) is 8.78. The van der Waals surface area contributed by atoms with Crippen LogP contribution in [0.2, 0.25) is 0 Å². The van der Waals surface area contributed by atoms with Crippen LogP contribution in [0, 0.1) is 5.82 Å². The maximum atomic E-state index is 13.3. The summed E-state index contributed by atoms with van der Waals surface area (Å²) >= 11 is 0. The summed E-state index contributed by atoms with van der Waals surface area (Å²) in [6, 6.07) is 13.8. The lowest BCUT2D eigenvalue weighted by molar-refractivity contribution is -0.142. The standard InChI is InChI=1S/C26H35FN2O2/c1-6-19-8-10-20(11-9-19)14-17-24(30)29(18-21-12-15-22(27)16-13-21)23(7-2)25(31)28-26(3,4)5/h8-13,15-16,23H,6-7,14,17-18H2,1-5H3,(H,28,31)/t23-/m1/s1. The van der Waals surface area contributed by atoms with E-state index < -0.39 is 11.6 Å². The Labute approximate surface area is 185 Å². The SMILES string of the molecule is CCc1ccc(CCC(=O)N(Cc2ccc(F)cc2)[C@H](CC)C(=O)NC(C)(C)C)cc1. The number of benzene rings is 2. The van der Waals surface area contributed by atoms with Gasteiger partial charge in [-0.25, -0.2) is 4.39 Å². The van der Waals surface area contributed by atoms with Crippen molar-refractivity contribution >= 4 is 11.8 Å². The van der Waals surface area contributed by atoms with Crippen molar-refractivity contribution in [3.05, 3.63) is 71.0 Å². The predicted molar refractivity (Wildman–Crippen MR) is 123 cm³/mol. The normalized spacial score (nSPS) is 12.3. The van der Waals surface area contributed by atoms with Gasteiger partial charge >= 0.3 is 0 Å². The highest BCUT2D eigenvalue weighted by molar-refractivity contribution is 5.88. The molecule has 31 heavy (non-hydrogen) atoms. The molecule has 2 aromatic rings. The van der Waals surface area contributed by atoms with Crippen LogP contribution in [0.4, 0.5) is 4.39 Å². The van der Waals surface area contributed by atoms with Gasteiger partial charge in [0.2, 0.25) is 11.8 Å². The van der Waals surface area contributed by atoms with E-state index in [1.54, 1.807) is 17.0 Å². The van der Waals surface area contributed by atoms with Crippen LogP contribution in [0.5, 0.6) is 0 Å². The Hall–Kier alpha value is -2.69. The zero-order chi connectivity index (χ0) is 23.0. The van der Waals surface area contributed by atoms with E-state index in [0.717, 1.165) is 17.5 Å². The molecule has 1 atom stereocenters. The minimum absolute atomic E-state index is 0.0835. The van der Waals surface area contributed by atoms with E-state index in [4.69, 9.17) is 0 Å². The van der Waals surface area contributed by atoms with Gasteiger partial charge in [0, 0.05) is 18.5 Å². The van der Waals surface area contributed by atoms with Gasteiger partial charge < -0.3 is 10.2 Å². The van der Waals surface area contributed by atoms with E-state index in [1.807, 2.05) is 27.7 Å². The first-order valence-corrected chi connectivity index (χ1v) is 11.1. The highest BCUT2D eigenvalue weighted by atomic mass is 19.1. The molecule has 168 valence electrons. The van der Waals surface area contributed by atoms with Crippen LogP contribution in [0.1, 0.15) is 64.2 Å². The molecule has 4 nitrogen and oxygen atoms in total. The fraction of sp³-hybridized carbons (Fsp3) is 0.462. The number of aryl methyl sites for hydroxylation is 2. The molecule has 0 saturated heterocycles. The number of nitrogens with one attached hydrogen (secondary N) is 1. The Bertz CT molecular complexity index is 854. The lowest BCUT2D eigenvalue weighted by atomic mass is 10.0. The zero-order valence-corrected chi connectivity index (χ0v) is 19.4. The fourth-order valence-corrected chi connectivity index (χ4v) is 3.50. The van der Waals surface area contributed by atoms with E-state index >= 15 is 0 Å². The van der Waals surface area contributed by atoms with Gasteiger partial charge in [-0.15, -0.1) is 0 Å². The van der Waals surface area contributed by atoms with Gasteiger partial charge in [-0.2, -0.15) is 0 Å². The molecule has 0 aliphatic carbocycles. The second-order valence-corrected chi connectivity index (χ2v) is 8.98. The largest absolute Gasteiger partial charge is 0.350 e. The molecule has 0 bridgehead atoms. The van der Waals surface area contributed by atoms with Crippen LogP contribution in [-0.2, 0) is 29.0 Å². The molecule has 5 heteroatoms. The number of nitrogens with zero attached hydrogens (tertiary/aromatic N) is 1. The van der Waals surface area contributed by atoms with E-state index in [2.05, 4.69) is 36.5 Å². The number of carbonyl (C=O) groups excluding carboxylic acids is 2. The molecule has 0 aromatic heterocycles. The molecule has 2 aromatic carbocycles. The highest BCUT2D eigenvalue weighted by Gasteiger charge is 2.30. The van der Waals surface area contributed by atoms with E-state index in [9.17, 15) is 14.0 Å². The first-order valence-electron chi connectivity index (χ1n) is 11.1. The summed E-state index contributed by atoms with van der Waals surface area (Å²) in [4.78, 5) is 27.8. The second-order valence-electron chi connectivity index (χ2n) is 8.98. The van der Waals surface area contributed by atoms with Gasteiger partial charge in [0.25, 0.3) is 0 Å². The molecule has 0 spiro atoms. The van der Waals surface area contributed by atoms with Crippen LogP contribution in [0.15, 0.2) is 48.5 Å². The van der Waals surface area contributed by atoms with Gasteiger partial charge in [0.05, 0.1) is 0 Å². The lowest BCUT2D eigenvalue weighted by Crippen LogP contribution is -2.53. The molecule has 0 unspecified atom stereocenters. The number of rotatable bonds is 9. The molecule has 2 rings (SSSR count). The molecule has 0 radical (unpaired) electrons. The fourth-order valence-electron chi connectivity index (χ4n) is 3.50. The zero-order valence-electron chi connectivity index (χ0n) is 19.4. The van der Waals surface area contributed by atoms with E-state index in [1.165, 1.54) is 17.7 Å². The molecule has 1 N–H and O–H groups in total. The van der Waals surface area contributed by atoms with Crippen molar-refractivity contribution in [2.75, 3.05) is 0 Å². The minimum Gasteiger partial charge on any atom is -0.350 e. The topological polar surface area (TPSA) is 49.4 Å². The maximum Gasteiger partial charge on any atom is 0.243 e. The van der Waals surface area contributed by atoms with E-state index in [0.29, 0.717) is 19.3 Å². The van der Waals surface area contributed by atoms with E-state index in [-0.39, 0.29) is 24.2 Å². The molecule has 2 amide bonds. The number of amides is 2. The summed E-state index contributed by atoms with van der Waals surface area (Å²) in [6.45, 7) is 10.0. The van der Waals surface area contributed by atoms with Crippen LogP contribution in [0.3, 0.4) is 0 Å². The van der Waals surface area contributed by atoms with Gasteiger partial charge in [-0.3, -0.25) is 9.59 Å². The quantitative estimate of drug-likeness (QED) is 0.610. The van der Waals surface area contributed by atoms with Crippen molar-refractivity contribution < 1.29 is 14.0 Å². The first-order chi connectivity index (χ1) is 14.6. The summed E-state index contributed by atoms with van der Waals surface area (Å²) in [5.41, 5.74) is 2.76. The Morgan fingerprint density at radius 2 is 1.48 bits per heavy atom.